The van der Waals surface area contributed by atoms with Crippen LogP contribution in [0, 0.1) is 6.92 Å². The van der Waals surface area contributed by atoms with Crippen molar-refractivity contribution < 1.29 is 13.2 Å². The molecule has 0 saturated carbocycles. The van der Waals surface area contributed by atoms with Gasteiger partial charge in [-0.3, -0.25) is 9.78 Å². The summed E-state index contributed by atoms with van der Waals surface area (Å²) in [5.41, 5.74) is 3.01. The number of fused-ring (bicyclic) bond motifs is 1. The number of pyridine rings is 1. The van der Waals surface area contributed by atoms with Gasteiger partial charge in [0.25, 0.3) is 5.91 Å². The number of rotatable bonds is 3. The molecule has 2 aromatic rings. The normalized spacial score (nSPS) is 14.1. The molecule has 126 valence electrons. The van der Waals surface area contributed by atoms with E-state index in [1.807, 2.05) is 6.92 Å². The number of carbonyl (C=O) groups excluding carboxylic acids is 1. The third kappa shape index (κ3) is 2.81. The van der Waals surface area contributed by atoms with E-state index in [0.717, 1.165) is 16.9 Å². The van der Waals surface area contributed by atoms with E-state index in [9.17, 15) is 13.2 Å². The highest BCUT2D eigenvalue weighted by atomic mass is 32.2. The van der Waals surface area contributed by atoms with E-state index in [2.05, 4.69) is 4.98 Å². The average Bonchev–Trinajstić information content (AvgIpc) is 2.97. The van der Waals surface area contributed by atoms with E-state index in [0.29, 0.717) is 18.5 Å². The summed E-state index contributed by atoms with van der Waals surface area (Å²) in [5.74, 6) is -0.121. The van der Waals surface area contributed by atoms with Crippen LogP contribution in [0.1, 0.15) is 21.6 Å². The topological polar surface area (TPSA) is 70.6 Å². The van der Waals surface area contributed by atoms with Gasteiger partial charge < -0.3 is 4.90 Å². The first-order valence-corrected chi connectivity index (χ1v) is 9.04. The van der Waals surface area contributed by atoms with Crippen LogP contribution in [0.4, 0.5) is 5.69 Å². The van der Waals surface area contributed by atoms with Gasteiger partial charge in [0.2, 0.25) is 10.0 Å². The number of hydrogen-bond acceptors (Lipinski definition) is 4. The lowest BCUT2D eigenvalue weighted by molar-refractivity contribution is 0.0989. The summed E-state index contributed by atoms with van der Waals surface area (Å²) in [6, 6.07) is 8.47. The molecule has 1 aromatic carbocycles. The van der Waals surface area contributed by atoms with E-state index >= 15 is 0 Å². The molecular weight excluding hydrogens is 326 g/mol. The molecule has 1 aromatic heterocycles. The van der Waals surface area contributed by atoms with Crippen LogP contribution in [-0.2, 0) is 16.4 Å². The van der Waals surface area contributed by atoms with Crippen molar-refractivity contribution in [2.24, 2.45) is 0 Å². The standard InChI is InChI=1S/C17H19N3O3S/c1-12-4-5-14(11-18-12)17(21)20-9-8-13-10-15(6-7-16(13)20)24(22,23)19(2)3/h4-7,10-11H,8-9H2,1-3H3. The second kappa shape index (κ2) is 5.99. The Kier molecular flexibility index (Phi) is 4.15. The number of nitrogens with zero attached hydrogens (tertiary/aromatic N) is 3. The molecular formula is C17H19N3O3S. The molecule has 24 heavy (non-hydrogen) atoms. The number of sulfonamides is 1. The highest BCUT2D eigenvalue weighted by molar-refractivity contribution is 7.89. The summed E-state index contributed by atoms with van der Waals surface area (Å²) >= 11 is 0. The molecule has 7 heteroatoms. The number of anilines is 1. The first kappa shape index (κ1) is 16.6. The fourth-order valence-electron chi connectivity index (χ4n) is 2.71. The summed E-state index contributed by atoms with van der Waals surface area (Å²) in [6.07, 6.45) is 2.21. The van der Waals surface area contributed by atoms with Crippen molar-refractivity contribution in [2.75, 3.05) is 25.5 Å². The minimum atomic E-state index is -3.47. The minimum Gasteiger partial charge on any atom is -0.308 e. The summed E-state index contributed by atoms with van der Waals surface area (Å²) < 4.78 is 25.7. The molecule has 0 fully saturated rings. The second-order valence-electron chi connectivity index (χ2n) is 5.97. The van der Waals surface area contributed by atoms with Gasteiger partial charge in [-0.15, -0.1) is 0 Å². The average molecular weight is 345 g/mol. The number of amides is 1. The molecule has 3 rings (SSSR count). The number of aromatic nitrogens is 1. The van der Waals surface area contributed by atoms with Crippen LogP contribution in [0.2, 0.25) is 0 Å². The van der Waals surface area contributed by atoms with Gasteiger partial charge >= 0.3 is 0 Å². The van der Waals surface area contributed by atoms with E-state index in [1.54, 1.807) is 41.4 Å². The highest BCUT2D eigenvalue weighted by Gasteiger charge is 2.28. The van der Waals surface area contributed by atoms with Crippen LogP contribution >= 0.6 is 0 Å². The third-order valence-corrected chi connectivity index (χ3v) is 5.94. The van der Waals surface area contributed by atoms with Crippen LogP contribution in [-0.4, -0.2) is 44.3 Å². The van der Waals surface area contributed by atoms with Gasteiger partial charge in [0.1, 0.15) is 0 Å². The maximum Gasteiger partial charge on any atom is 0.259 e. The largest absolute Gasteiger partial charge is 0.308 e. The SMILES string of the molecule is Cc1ccc(C(=O)N2CCc3cc(S(=O)(=O)N(C)C)ccc32)cn1. The van der Waals surface area contributed by atoms with Gasteiger partial charge in [-0.25, -0.2) is 12.7 Å². The van der Waals surface area contributed by atoms with Crippen molar-refractivity contribution in [3.8, 4) is 0 Å². The van der Waals surface area contributed by atoms with Crippen molar-refractivity contribution >= 4 is 21.6 Å². The Morgan fingerprint density at radius 1 is 1.21 bits per heavy atom. The van der Waals surface area contributed by atoms with Gasteiger partial charge in [0.05, 0.1) is 10.5 Å². The Bertz CT molecular complexity index is 890. The Hall–Kier alpha value is -2.25. The molecule has 0 spiro atoms. The number of benzene rings is 1. The Morgan fingerprint density at radius 2 is 1.96 bits per heavy atom. The maximum atomic E-state index is 12.7. The Labute approximate surface area is 141 Å². The predicted molar refractivity (Wildman–Crippen MR) is 91.7 cm³/mol. The molecule has 0 N–H and O–H groups in total. The summed E-state index contributed by atoms with van der Waals surface area (Å²) in [6.45, 7) is 2.40. The van der Waals surface area contributed by atoms with E-state index < -0.39 is 10.0 Å². The summed E-state index contributed by atoms with van der Waals surface area (Å²) in [5, 5.41) is 0. The zero-order chi connectivity index (χ0) is 17.5. The van der Waals surface area contributed by atoms with Crippen LogP contribution in [0.15, 0.2) is 41.4 Å². The van der Waals surface area contributed by atoms with Crippen molar-refractivity contribution in [1.82, 2.24) is 9.29 Å². The zero-order valence-corrected chi connectivity index (χ0v) is 14.7. The molecule has 0 saturated heterocycles. The first-order valence-electron chi connectivity index (χ1n) is 7.60. The van der Waals surface area contributed by atoms with Crippen molar-refractivity contribution in [1.29, 1.82) is 0 Å². The lowest BCUT2D eigenvalue weighted by atomic mass is 10.1. The van der Waals surface area contributed by atoms with Gasteiger partial charge in [0, 0.05) is 38.2 Å². The quantitative estimate of drug-likeness (QED) is 0.851. The lowest BCUT2D eigenvalue weighted by Gasteiger charge is -2.18. The number of aryl methyl sites for hydroxylation is 1. The molecule has 1 amide bonds. The third-order valence-electron chi connectivity index (χ3n) is 4.13. The fraction of sp³-hybridized carbons (Fsp3) is 0.294. The van der Waals surface area contributed by atoms with E-state index in [1.165, 1.54) is 18.4 Å². The Morgan fingerprint density at radius 3 is 2.58 bits per heavy atom. The molecule has 1 aliphatic heterocycles. The first-order chi connectivity index (χ1) is 11.3. The summed E-state index contributed by atoms with van der Waals surface area (Å²) in [7, 11) is -0.468. The molecule has 6 nitrogen and oxygen atoms in total. The smallest absolute Gasteiger partial charge is 0.259 e. The zero-order valence-electron chi connectivity index (χ0n) is 13.9. The van der Waals surface area contributed by atoms with Gasteiger partial charge in [-0.1, -0.05) is 0 Å². The van der Waals surface area contributed by atoms with Gasteiger partial charge in [-0.05, 0) is 49.2 Å². The lowest BCUT2D eigenvalue weighted by Crippen LogP contribution is -2.29. The molecule has 1 aliphatic rings. The van der Waals surface area contributed by atoms with Crippen molar-refractivity contribution in [3.05, 3.63) is 53.3 Å². The second-order valence-corrected chi connectivity index (χ2v) is 8.12. The maximum absolute atomic E-state index is 12.7. The van der Waals surface area contributed by atoms with Crippen LogP contribution in [0.25, 0.3) is 0 Å². The van der Waals surface area contributed by atoms with Crippen molar-refractivity contribution in [2.45, 2.75) is 18.2 Å². The van der Waals surface area contributed by atoms with Gasteiger partial charge in [0.15, 0.2) is 0 Å². The minimum absolute atomic E-state index is 0.121. The van der Waals surface area contributed by atoms with Crippen molar-refractivity contribution in [3.63, 3.8) is 0 Å². The van der Waals surface area contributed by atoms with Crippen LogP contribution in [0.3, 0.4) is 0 Å². The highest BCUT2D eigenvalue weighted by Crippen LogP contribution is 2.31. The molecule has 0 unspecified atom stereocenters. The van der Waals surface area contributed by atoms with Gasteiger partial charge in [-0.2, -0.15) is 0 Å². The number of carbonyl (C=O) groups is 1. The Balaban J connectivity index is 1.93. The molecule has 0 aliphatic carbocycles. The monoisotopic (exact) mass is 345 g/mol. The predicted octanol–water partition coefficient (Wildman–Crippen LogP) is 1.84. The molecule has 2 heterocycles. The molecule has 0 bridgehead atoms. The number of hydrogen-bond donors (Lipinski definition) is 0. The van der Waals surface area contributed by atoms with Crippen LogP contribution in [0.5, 0.6) is 0 Å². The van der Waals surface area contributed by atoms with Crippen LogP contribution < -0.4 is 4.90 Å². The van der Waals surface area contributed by atoms with E-state index in [4.69, 9.17) is 0 Å². The fourth-order valence-corrected chi connectivity index (χ4v) is 3.66. The summed E-state index contributed by atoms with van der Waals surface area (Å²) in [4.78, 5) is 18.8. The van der Waals surface area contributed by atoms with E-state index in [-0.39, 0.29) is 10.8 Å². The molecule has 0 radical (unpaired) electrons. The molecule has 0 atom stereocenters.